The fraction of sp³-hybridized carbons (Fsp3) is 0.182. The molecule has 0 spiro atoms. The Bertz CT molecular complexity index is 556. The number of anilines is 1. The van der Waals surface area contributed by atoms with Gasteiger partial charge in [-0.05, 0) is 25.1 Å². The van der Waals surface area contributed by atoms with Gasteiger partial charge in [-0.1, -0.05) is 12.1 Å². The van der Waals surface area contributed by atoms with Crippen LogP contribution < -0.4 is 5.32 Å². The summed E-state index contributed by atoms with van der Waals surface area (Å²) in [6.45, 7) is 1.96. The number of aromatic nitrogens is 2. The SMILES string of the molecule is CC1=C[C@@H](O)Nc2nc3ccccc3n21. The van der Waals surface area contributed by atoms with Crippen LogP contribution in [0.3, 0.4) is 0 Å². The molecule has 2 N–H and O–H groups in total. The molecular weight excluding hydrogens is 190 g/mol. The van der Waals surface area contributed by atoms with Gasteiger partial charge < -0.3 is 10.4 Å². The summed E-state index contributed by atoms with van der Waals surface area (Å²) in [7, 11) is 0. The van der Waals surface area contributed by atoms with Crippen LogP contribution in [0.25, 0.3) is 16.7 Å². The van der Waals surface area contributed by atoms with Crippen LogP contribution in [0.1, 0.15) is 6.92 Å². The van der Waals surface area contributed by atoms with Crippen molar-refractivity contribution >= 4 is 22.7 Å². The number of para-hydroxylation sites is 2. The highest BCUT2D eigenvalue weighted by Crippen LogP contribution is 2.27. The maximum Gasteiger partial charge on any atom is 0.210 e. The molecule has 0 aliphatic carbocycles. The highest BCUT2D eigenvalue weighted by molar-refractivity contribution is 5.83. The Hall–Kier alpha value is -1.81. The Morgan fingerprint density at radius 2 is 2.20 bits per heavy atom. The van der Waals surface area contributed by atoms with E-state index >= 15 is 0 Å². The average molecular weight is 201 g/mol. The molecule has 4 nitrogen and oxygen atoms in total. The number of hydrogen-bond acceptors (Lipinski definition) is 3. The Labute approximate surface area is 86.9 Å². The van der Waals surface area contributed by atoms with Gasteiger partial charge in [0.15, 0.2) is 0 Å². The zero-order chi connectivity index (χ0) is 10.4. The van der Waals surface area contributed by atoms with Gasteiger partial charge in [-0.25, -0.2) is 4.98 Å². The zero-order valence-electron chi connectivity index (χ0n) is 8.31. The molecule has 0 radical (unpaired) electrons. The fourth-order valence-electron chi connectivity index (χ4n) is 1.96. The number of fused-ring (bicyclic) bond motifs is 3. The summed E-state index contributed by atoms with van der Waals surface area (Å²) in [5, 5.41) is 12.4. The highest BCUT2D eigenvalue weighted by atomic mass is 16.3. The number of nitrogens with zero attached hydrogens (tertiary/aromatic N) is 2. The van der Waals surface area contributed by atoms with Gasteiger partial charge in [-0.2, -0.15) is 0 Å². The molecule has 2 aromatic rings. The van der Waals surface area contributed by atoms with Crippen LogP contribution in [0, 0.1) is 0 Å². The lowest BCUT2D eigenvalue weighted by Crippen LogP contribution is -2.23. The molecule has 0 unspecified atom stereocenters. The number of aliphatic hydroxyl groups is 1. The molecule has 1 aromatic heterocycles. The van der Waals surface area contributed by atoms with Crippen molar-refractivity contribution in [3.8, 4) is 0 Å². The number of imidazole rings is 1. The summed E-state index contributed by atoms with van der Waals surface area (Å²) >= 11 is 0. The first-order valence-corrected chi connectivity index (χ1v) is 4.86. The monoisotopic (exact) mass is 201 g/mol. The second kappa shape index (κ2) is 2.84. The third-order valence-electron chi connectivity index (χ3n) is 2.59. The molecule has 1 aromatic carbocycles. The van der Waals surface area contributed by atoms with Gasteiger partial charge in [0.1, 0.15) is 6.23 Å². The second-order valence-corrected chi connectivity index (χ2v) is 3.66. The minimum absolute atomic E-state index is 0.644. The van der Waals surface area contributed by atoms with E-state index in [0.29, 0.717) is 5.95 Å². The number of aliphatic hydroxyl groups excluding tert-OH is 1. The van der Waals surface area contributed by atoms with Crippen LogP contribution in [0.2, 0.25) is 0 Å². The molecule has 0 bridgehead atoms. The largest absolute Gasteiger partial charge is 0.370 e. The number of rotatable bonds is 0. The van der Waals surface area contributed by atoms with E-state index in [1.165, 1.54) is 0 Å². The second-order valence-electron chi connectivity index (χ2n) is 3.66. The predicted molar refractivity (Wildman–Crippen MR) is 59.3 cm³/mol. The Morgan fingerprint density at radius 3 is 3.07 bits per heavy atom. The highest BCUT2D eigenvalue weighted by Gasteiger charge is 2.17. The molecule has 15 heavy (non-hydrogen) atoms. The summed E-state index contributed by atoms with van der Waals surface area (Å²) in [5.41, 5.74) is 2.98. The fourth-order valence-corrected chi connectivity index (χ4v) is 1.96. The van der Waals surface area contributed by atoms with E-state index < -0.39 is 6.23 Å². The van der Waals surface area contributed by atoms with Crippen molar-refractivity contribution in [3.63, 3.8) is 0 Å². The van der Waals surface area contributed by atoms with Crippen molar-refractivity contribution in [1.82, 2.24) is 9.55 Å². The quantitative estimate of drug-likeness (QED) is 0.681. The normalized spacial score (nSPS) is 19.6. The summed E-state index contributed by atoms with van der Waals surface area (Å²) in [6.07, 6.45) is 1.12. The molecular formula is C11H11N3O. The van der Waals surface area contributed by atoms with Gasteiger partial charge in [-0.15, -0.1) is 0 Å². The van der Waals surface area contributed by atoms with Crippen molar-refractivity contribution in [2.75, 3.05) is 5.32 Å². The van der Waals surface area contributed by atoms with E-state index in [1.807, 2.05) is 35.8 Å². The van der Waals surface area contributed by atoms with E-state index in [9.17, 15) is 5.11 Å². The van der Waals surface area contributed by atoms with Crippen LogP contribution >= 0.6 is 0 Å². The minimum atomic E-state index is -0.644. The van der Waals surface area contributed by atoms with E-state index in [4.69, 9.17) is 0 Å². The topological polar surface area (TPSA) is 50.1 Å². The molecule has 0 fully saturated rings. The average Bonchev–Trinajstić information content (AvgIpc) is 2.54. The van der Waals surface area contributed by atoms with Crippen molar-refractivity contribution < 1.29 is 5.11 Å². The molecule has 0 amide bonds. The van der Waals surface area contributed by atoms with Crippen LogP contribution in [-0.4, -0.2) is 20.9 Å². The maximum atomic E-state index is 9.51. The van der Waals surface area contributed by atoms with E-state index in [-0.39, 0.29) is 0 Å². The van der Waals surface area contributed by atoms with Crippen LogP contribution in [0.4, 0.5) is 5.95 Å². The number of allylic oxidation sites excluding steroid dienone is 1. The predicted octanol–water partition coefficient (Wildman–Crippen LogP) is 1.64. The number of hydrogen-bond donors (Lipinski definition) is 2. The lowest BCUT2D eigenvalue weighted by Gasteiger charge is -2.19. The smallest absolute Gasteiger partial charge is 0.210 e. The van der Waals surface area contributed by atoms with E-state index in [0.717, 1.165) is 16.7 Å². The molecule has 76 valence electrons. The van der Waals surface area contributed by atoms with Crippen LogP contribution in [0.15, 0.2) is 30.3 Å². The van der Waals surface area contributed by atoms with Gasteiger partial charge in [0.2, 0.25) is 5.95 Å². The zero-order valence-corrected chi connectivity index (χ0v) is 8.31. The summed E-state index contributed by atoms with van der Waals surface area (Å²) < 4.78 is 2.00. The summed E-state index contributed by atoms with van der Waals surface area (Å²) in [6, 6.07) is 7.91. The minimum Gasteiger partial charge on any atom is -0.370 e. The lowest BCUT2D eigenvalue weighted by atomic mass is 10.3. The molecule has 1 aliphatic rings. The van der Waals surface area contributed by atoms with Gasteiger partial charge in [0.25, 0.3) is 0 Å². The summed E-state index contributed by atoms with van der Waals surface area (Å²) in [4.78, 5) is 4.41. The lowest BCUT2D eigenvalue weighted by molar-refractivity contribution is 0.249. The van der Waals surface area contributed by atoms with Crippen molar-refractivity contribution in [2.45, 2.75) is 13.2 Å². The van der Waals surface area contributed by atoms with Crippen molar-refractivity contribution in [3.05, 3.63) is 30.3 Å². The Kier molecular flexibility index (Phi) is 1.61. The third kappa shape index (κ3) is 1.15. The van der Waals surface area contributed by atoms with Gasteiger partial charge >= 0.3 is 0 Å². The first-order valence-electron chi connectivity index (χ1n) is 4.86. The van der Waals surface area contributed by atoms with Gasteiger partial charge in [0.05, 0.1) is 11.0 Å². The molecule has 2 heterocycles. The molecule has 1 atom stereocenters. The molecule has 1 aliphatic heterocycles. The maximum absolute atomic E-state index is 9.51. The molecule has 3 rings (SSSR count). The standard InChI is InChI=1S/C11H11N3O/c1-7-6-10(15)13-11-12-8-4-2-3-5-9(8)14(7)11/h2-6,10,15H,1H3,(H,12,13)/t10-/m1/s1. The van der Waals surface area contributed by atoms with Crippen LogP contribution in [0.5, 0.6) is 0 Å². The third-order valence-corrected chi connectivity index (χ3v) is 2.59. The Balaban J connectivity index is 2.35. The number of nitrogens with one attached hydrogen (secondary N) is 1. The van der Waals surface area contributed by atoms with Gasteiger partial charge in [-0.3, -0.25) is 4.57 Å². The Morgan fingerprint density at radius 1 is 1.40 bits per heavy atom. The molecule has 4 heteroatoms. The van der Waals surface area contributed by atoms with Gasteiger partial charge in [0, 0.05) is 5.70 Å². The van der Waals surface area contributed by atoms with E-state index in [1.54, 1.807) is 6.08 Å². The van der Waals surface area contributed by atoms with Crippen molar-refractivity contribution in [2.24, 2.45) is 0 Å². The molecule has 0 saturated carbocycles. The van der Waals surface area contributed by atoms with Crippen molar-refractivity contribution in [1.29, 1.82) is 0 Å². The first kappa shape index (κ1) is 8.49. The van der Waals surface area contributed by atoms with E-state index in [2.05, 4.69) is 10.3 Å². The molecule has 0 saturated heterocycles. The van der Waals surface area contributed by atoms with Crippen LogP contribution in [-0.2, 0) is 0 Å². The number of benzene rings is 1. The summed E-state index contributed by atoms with van der Waals surface area (Å²) in [5.74, 6) is 0.698. The first-order chi connectivity index (χ1) is 7.25.